The monoisotopic (exact) mass is 415 g/mol. The van der Waals surface area contributed by atoms with Gasteiger partial charge in [-0.1, -0.05) is 28.1 Å². The third-order valence-electron chi connectivity index (χ3n) is 2.57. The predicted molar refractivity (Wildman–Crippen MR) is 85.7 cm³/mol. The summed E-state index contributed by atoms with van der Waals surface area (Å²) in [5.74, 6) is 0.0652. The summed E-state index contributed by atoms with van der Waals surface area (Å²) in [6.45, 7) is 0. The number of carbonyl (C=O) groups excluding carboxylic acids is 1. The average Bonchev–Trinajstić information content (AvgIpc) is 2.35. The van der Waals surface area contributed by atoms with E-state index in [4.69, 9.17) is 5.73 Å². The fourth-order valence-electron chi connectivity index (χ4n) is 1.64. The molecule has 2 aromatic carbocycles. The Hall–Kier alpha value is -0.880. The Morgan fingerprint density at radius 3 is 2.50 bits per heavy atom. The Morgan fingerprint density at radius 1 is 1.17 bits per heavy atom. The van der Waals surface area contributed by atoms with Crippen LogP contribution in [0.5, 0.6) is 0 Å². The number of nitrogens with two attached hydrogens (primary N) is 1. The minimum absolute atomic E-state index is 0.0652. The van der Waals surface area contributed by atoms with Gasteiger partial charge in [0.25, 0.3) is 0 Å². The van der Waals surface area contributed by atoms with Gasteiger partial charge in [0, 0.05) is 25.7 Å². The van der Waals surface area contributed by atoms with Crippen LogP contribution in [0.2, 0.25) is 0 Å². The fraction of sp³-hybridized carbons (Fsp3) is 0.0714. The van der Waals surface area contributed by atoms with Gasteiger partial charge in [-0.15, -0.1) is 0 Å². The number of ketones is 1. The quantitative estimate of drug-likeness (QED) is 0.466. The minimum Gasteiger partial charge on any atom is -0.399 e. The molecule has 92 valence electrons. The first-order valence-electron chi connectivity index (χ1n) is 5.39. The van der Waals surface area contributed by atoms with E-state index < -0.39 is 0 Å². The van der Waals surface area contributed by atoms with Crippen molar-refractivity contribution in [3.8, 4) is 0 Å². The Balaban J connectivity index is 2.21. The van der Waals surface area contributed by atoms with Crippen molar-refractivity contribution >= 4 is 50.0 Å². The molecule has 0 bridgehead atoms. The third-order valence-corrected chi connectivity index (χ3v) is 3.98. The lowest BCUT2D eigenvalue weighted by Gasteiger charge is -2.05. The summed E-state index contributed by atoms with van der Waals surface area (Å²) >= 11 is 5.62. The molecular formula is C14H11BrINO. The lowest BCUT2D eigenvalue weighted by Crippen LogP contribution is -2.05. The average molecular weight is 416 g/mol. The number of hydrogen-bond donors (Lipinski definition) is 1. The Kier molecular flexibility index (Phi) is 4.40. The number of Topliss-reactive ketones (excluding diaryl/α,β-unsaturated/α-hetero) is 1. The molecule has 0 aliphatic rings. The van der Waals surface area contributed by atoms with Crippen LogP contribution in [0, 0.1) is 3.57 Å². The summed E-state index contributed by atoms with van der Waals surface area (Å²) in [6, 6.07) is 13.2. The number of hydrogen-bond acceptors (Lipinski definition) is 2. The molecule has 0 unspecified atom stereocenters. The normalized spacial score (nSPS) is 10.3. The molecule has 0 aliphatic heterocycles. The van der Waals surface area contributed by atoms with Gasteiger partial charge < -0.3 is 5.73 Å². The van der Waals surface area contributed by atoms with Gasteiger partial charge in [-0.25, -0.2) is 0 Å². The van der Waals surface area contributed by atoms with Crippen LogP contribution in [-0.2, 0) is 6.42 Å². The van der Waals surface area contributed by atoms with E-state index in [0.29, 0.717) is 17.7 Å². The summed E-state index contributed by atoms with van der Waals surface area (Å²) < 4.78 is 1.95. The van der Waals surface area contributed by atoms with Gasteiger partial charge in [0.15, 0.2) is 5.78 Å². The second-order valence-electron chi connectivity index (χ2n) is 3.97. The highest BCUT2D eigenvalue weighted by Crippen LogP contribution is 2.21. The van der Waals surface area contributed by atoms with Crippen molar-refractivity contribution < 1.29 is 4.79 Å². The topological polar surface area (TPSA) is 43.1 Å². The molecule has 0 saturated heterocycles. The summed E-state index contributed by atoms with van der Waals surface area (Å²) in [5, 5.41) is 0. The van der Waals surface area contributed by atoms with E-state index in [9.17, 15) is 4.79 Å². The van der Waals surface area contributed by atoms with Crippen molar-refractivity contribution in [1.82, 2.24) is 0 Å². The van der Waals surface area contributed by atoms with Crippen LogP contribution in [0.4, 0.5) is 5.69 Å². The van der Waals surface area contributed by atoms with Crippen molar-refractivity contribution in [2.24, 2.45) is 0 Å². The number of benzene rings is 2. The maximum absolute atomic E-state index is 12.2. The molecule has 0 aliphatic carbocycles. The molecule has 0 fully saturated rings. The maximum atomic E-state index is 12.2. The second kappa shape index (κ2) is 5.84. The first-order valence-corrected chi connectivity index (χ1v) is 7.26. The van der Waals surface area contributed by atoms with Crippen LogP contribution in [-0.4, -0.2) is 5.78 Å². The van der Waals surface area contributed by atoms with E-state index in [1.54, 1.807) is 18.2 Å². The van der Waals surface area contributed by atoms with Crippen molar-refractivity contribution in [2.45, 2.75) is 6.42 Å². The summed E-state index contributed by atoms with van der Waals surface area (Å²) in [4.78, 5) is 12.2. The Morgan fingerprint density at radius 2 is 1.83 bits per heavy atom. The Bertz CT molecular complexity index is 581. The summed E-state index contributed by atoms with van der Waals surface area (Å²) in [6.07, 6.45) is 0.388. The third kappa shape index (κ3) is 3.32. The lowest BCUT2D eigenvalue weighted by atomic mass is 10.0. The van der Waals surface area contributed by atoms with E-state index in [2.05, 4.69) is 38.5 Å². The van der Waals surface area contributed by atoms with Crippen LogP contribution < -0.4 is 5.73 Å². The first-order chi connectivity index (χ1) is 8.56. The van der Waals surface area contributed by atoms with Crippen LogP contribution in [0.3, 0.4) is 0 Å². The van der Waals surface area contributed by atoms with E-state index in [1.807, 2.05) is 24.3 Å². The molecule has 2 nitrogen and oxygen atoms in total. The molecule has 2 N–H and O–H groups in total. The van der Waals surface area contributed by atoms with Gasteiger partial charge >= 0.3 is 0 Å². The maximum Gasteiger partial charge on any atom is 0.168 e. The largest absolute Gasteiger partial charge is 0.399 e. The lowest BCUT2D eigenvalue weighted by molar-refractivity contribution is 0.0992. The number of nitrogen functional groups attached to an aromatic ring is 1. The van der Waals surface area contributed by atoms with Crippen molar-refractivity contribution in [3.63, 3.8) is 0 Å². The molecule has 0 amide bonds. The van der Waals surface area contributed by atoms with Crippen molar-refractivity contribution in [3.05, 3.63) is 61.6 Å². The van der Waals surface area contributed by atoms with Crippen LogP contribution in [0.25, 0.3) is 0 Å². The zero-order valence-corrected chi connectivity index (χ0v) is 13.2. The van der Waals surface area contributed by atoms with E-state index in [-0.39, 0.29) is 5.78 Å². The van der Waals surface area contributed by atoms with Gasteiger partial charge in [-0.05, 0) is 58.5 Å². The molecule has 0 aromatic heterocycles. The highest BCUT2D eigenvalue weighted by Gasteiger charge is 2.11. The van der Waals surface area contributed by atoms with Gasteiger partial charge in [-0.3, -0.25) is 4.79 Å². The molecule has 0 saturated carbocycles. The number of carbonyl (C=O) groups is 1. The SMILES string of the molecule is Nc1ccc(Br)c(C(=O)Cc2ccc(I)cc2)c1. The standard InChI is InChI=1S/C14H11BrINO/c15-13-6-5-11(17)8-12(13)14(18)7-9-1-3-10(16)4-2-9/h1-6,8H,7,17H2. The highest BCUT2D eigenvalue weighted by atomic mass is 127. The van der Waals surface area contributed by atoms with Crippen LogP contribution >= 0.6 is 38.5 Å². The number of rotatable bonds is 3. The second-order valence-corrected chi connectivity index (χ2v) is 6.07. The predicted octanol–water partition coefficient (Wildman–Crippen LogP) is 4.06. The summed E-state index contributed by atoms with van der Waals surface area (Å²) in [5.41, 5.74) is 7.95. The fourth-order valence-corrected chi connectivity index (χ4v) is 2.47. The molecule has 0 atom stereocenters. The van der Waals surface area contributed by atoms with Gasteiger partial charge in [0.05, 0.1) is 0 Å². The molecule has 2 aromatic rings. The molecule has 0 heterocycles. The molecule has 2 rings (SSSR count). The first kappa shape index (κ1) is 13.5. The minimum atomic E-state index is 0.0652. The van der Waals surface area contributed by atoms with E-state index in [1.165, 1.54) is 0 Å². The number of anilines is 1. The molecule has 0 spiro atoms. The molecule has 18 heavy (non-hydrogen) atoms. The zero-order valence-electron chi connectivity index (χ0n) is 9.49. The molecule has 4 heteroatoms. The highest BCUT2D eigenvalue weighted by molar-refractivity contribution is 14.1. The smallest absolute Gasteiger partial charge is 0.168 e. The van der Waals surface area contributed by atoms with Gasteiger partial charge in [-0.2, -0.15) is 0 Å². The van der Waals surface area contributed by atoms with E-state index in [0.717, 1.165) is 13.6 Å². The van der Waals surface area contributed by atoms with Crippen LogP contribution in [0.1, 0.15) is 15.9 Å². The zero-order chi connectivity index (χ0) is 13.1. The Labute approximate surface area is 128 Å². The van der Waals surface area contributed by atoms with Gasteiger partial charge in [0.2, 0.25) is 0 Å². The molecular weight excluding hydrogens is 405 g/mol. The summed E-state index contributed by atoms with van der Waals surface area (Å²) in [7, 11) is 0. The van der Waals surface area contributed by atoms with Crippen molar-refractivity contribution in [1.29, 1.82) is 0 Å². The van der Waals surface area contributed by atoms with Crippen LogP contribution in [0.15, 0.2) is 46.9 Å². The molecule has 0 radical (unpaired) electrons. The van der Waals surface area contributed by atoms with Crippen molar-refractivity contribution in [2.75, 3.05) is 5.73 Å². The van der Waals surface area contributed by atoms with Gasteiger partial charge in [0.1, 0.15) is 0 Å². The number of halogens is 2. The van der Waals surface area contributed by atoms with E-state index >= 15 is 0 Å².